The second-order valence-electron chi connectivity index (χ2n) is 7.90. The molecule has 34 heavy (non-hydrogen) atoms. The van der Waals surface area contributed by atoms with E-state index in [0.29, 0.717) is 60.1 Å². The van der Waals surface area contributed by atoms with Crippen molar-refractivity contribution in [2.45, 2.75) is 38.7 Å². The van der Waals surface area contributed by atoms with Gasteiger partial charge in [-0.2, -0.15) is 0 Å². The molecule has 0 atom stereocenters. The molecule has 0 radical (unpaired) electrons. The van der Waals surface area contributed by atoms with Crippen molar-refractivity contribution in [2.24, 2.45) is 5.92 Å². The summed E-state index contributed by atoms with van der Waals surface area (Å²) in [6, 6.07) is 8.03. The maximum Gasteiger partial charge on any atom is 0.306 e. The minimum absolute atomic E-state index is 0.0726. The fourth-order valence-corrected chi connectivity index (χ4v) is 3.89. The molecule has 0 saturated heterocycles. The molecule has 1 aromatic heterocycles. The van der Waals surface area contributed by atoms with E-state index in [9.17, 15) is 14.4 Å². The highest BCUT2D eigenvalue weighted by molar-refractivity contribution is 6.32. The standard InChI is InChI=1S/C24H28ClN3O6/c1-2-33-20-9-5-16(13-19(20)25)22(29)26-11-12-27-23(30)17-6-10-21(28-14-17)34-18-7-3-15(4-8-18)24(31)32/h5-6,9-10,13-15,18H,2-4,7-8,11-12H2,1H3,(H,26,29)(H,27,30)(H,31,32). The van der Waals surface area contributed by atoms with Gasteiger partial charge < -0.3 is 25.2 Å². The van der Waals surface area contributed by atoms with Crippen LogP contribution in [0.1, 0.15) is 53.3 Å². The van der Waals surface area contributed by atoms with Gasteiger partial charge in [-0.25, -0.2) is 4.98 Å². The van der Waals surface area contributed by atoms with Crippen LogP contribution in [0, 0.1) is 5.92 Å². The van der Waals surface area contributed by atoms with Crippen LogP contribution in [-0.2, 0) is 4.79 Å². The monoisotopic (exact) mass is 489 g/mol. The van der Waals surface area contributed by atoms with Gasteiger partial charge in [0, 0.05) is 30.9 Å². The number of aliphatic carboxylic acids is 1. The van der Waals surface area contributed by atoms with Crippen molar-refractivity contribution in [2.75, 3.05) is 19.7 Å². The Balaban J connectivity index is 1.39. The summed E-state index contributed by atoms with van der Waals surface area (Å²) < 4.78 is 11.2. The fraction of sp³-hybridized carbons (Fsp3) is 0.417. The normalized spacial score (nSPS) is 17.5. The first-order valence-corrected chi connectivity index (χ1v) is 11.6. The maximum absolute atomic E-state index is 12.3. The number of hydrogen-bond donors (Lipinski definition) is 3. The summed E-state index contributed by atoms with van der Waals surface area (Å²) in [6.07, 6.45) is 3.85. The minimum Gasteiger partial charge on any atom is -0.492 e. The van der Waals surface area contributed by atoms with Crippen LogP contribution in [0.5, 0.6) is 11.6 Å². The number of carboxylic acid groups (broad SMARTS) is 1. The first-order valence-electron chi connectivity index (χ1n) is 11.2. The molecule has 182 valence electrons. The van der Waals surface area contributed by atoms with E-state index in [-0.39, 0.29) is 36.9 Å². The average Bonchev–Trinajstić information content (AvgIpc) is 2.83. The molecule has 3 N–H and O–H groups in total. The maximum atomic E-state index is 12.3. The number of benzene rings is 1. The molecule has 3 rings (SSSR count). The summed E-state index contributed by atoms with van der Waals surface area (Å²) in [5.41, 5.74) is 0.766. The van der Waals surface area contributed by atoms with Crippen molar-refractivity contribution < 1.29 is 29.0 Å². The molecular formula is C24H28ClN3O6. The third kappa shape index (κ3) is 7.08. The van der Waals surface area contributed by atoms with E-state index in [1.165, 1.54) is 12.3 Å². The number of nitrogens with zero attached hydrogens (tertiary/aromatic N) is 1. The van der Waals surface area contributed by atoms with Crippen molar-refractivity contribution in [3.63, 3.8) is 0 Å². The first kappa shape index (κ1) is 25.3. The largest absolute Gasteiger partial charge is 0.492 e. The van der Waals surface area contributed by atoms with Gasteiger partial charge in [0.25, 0.3) is 11.8 Å². The van der Waals surface area contributed by atoms with Gasteiger partial charge in [0.1, 0.15) is 11.9 Å². The smallest absolute Gasteiger partial charge is 0.306 e. The Morgan fingerprint density at radius 1 is 1.03 bits per heavy atom. The SMILES string of the molecule is CCOc1ccc(C(=O)NCCNC(=O)c2ccc(OC3CCC(C(=O)O)CC3)nc2)cc1Cl. The lowest BCUT2D eigenvalue weighted by molar-refractivity contribution is -0.143. The van der Waals surface area contributed by atoms with E-state index in [4.69, 9.17) is 26.2 Å². The van der Waals surface area contributed by atoms with Crippen LogP contribution in [0.15, 0.2) is 36.5 Å². The lowest BCUT2D eigenvalue weighted by atomic mass is 9.87. The number of amides is 2. The highest BCUT2D eigenvalue weighted by Crippen LogP contribution is 2.27. The van der Waals surface area contributed by atoms with E-state index in [1.807, 2.05) is 6.92 Å². The second kappa shape index (κ2) is 12.2. The molecular weight excluding hydrogens is 462 g/mol. The first-order chi connectivity index (χ1) is 16.4. The Hall–Kier alpha value is -3.33. The molecule has 1 aliphatic carbocycles. The zero-order valence-electron chi connectivity index (χ0n) is 18.9. The Morgan fingerprint density at radius 3 is 2.24 bits per heavy atom. The number of ether oxygens (including phenoxy) is 2. The summed E-state index contributed by atoms with van der Waals surface area (Å²) in [6.45, 7) is 2.80. The summed E-state index contributed by atoms with van der Waals surface area (Å²) in [5, 5.41) is 14.9. The molecule has 1 saturated carbocycles. The molecule has 2 aromatic rings. The molecule has 1 aromatic carbocycles. The number of pyridine rings is 1. The topological polar surface area (TPSA) is 127 Å². The Labute approximate surface area is 202 Å². The van der Waals surface area contributed by atoms with Gasteiger partial charge in [0.05, 0.1) is 23.1 Å². The Bertz CT molecular complexity index is 1010. The van der Waals surface area contributed by atoms with Gasteiger partial charge in [-0.1, -0.05) is 11.6 Å². The van der Waals surface area contributed by atoms with Crippen molar-refractivity contribution in [3.05, 3.63) is 52.7 Å². The molecule has 0 aliphatic heterocycles. The molecule has 10 heteroatoms. The van der Waals surface area contributed by atoms with Crippen LogP contribution in [0.3, 0.4) is 0 Å². The zero-order valence-corrected chi connectivity index (χ0v) is 19.6. The summed E-state index contributed by atoms with van der Waals surface area (Å²) in [4.78, 5) is 39.8. The number of carbonyl (C=O) groups excluding carboxylic acids is 2. The van der Waals surface area contributed by atoms with Gasteiger partial charge in [-0.05, 0) is 56.9 Å². The van der Waals surface area contributed by atoms with E-state index >= 15 is 0 Å². The Kier molecular flexibility index (Phi) is 9.09. The predicted octanol–water partition coefficient (Wildman–Crippen LogP) is 3.32. The number of carboxylic acids is 1. The number of aromatic nitrogens is 1. The van der Waals surface area contributed by atoms with E-state index in [1.54, 1.807) is 24.3 Å². The number of hydrogen-bond acceptors (Lipinski definition) is 6. The number of carbonyl (C=O) groups is 3. The number of nitrogens with one attached hydrogen (secondary N) is 2. The lowest BCUT2D eigenvalue weighted by Crippen LogP contribution is -2.34. The second-order valence-corrected chi connectivity index (χ2v) is 8.31. The van der Waals surface area contributed by atoms with Gasteiger partial charge in [0.2, 0.25) is 5.88 Å². The highest BCUT2D eigenvalue weighted by Gasteiger charge is 2.27. The lowest BCUT2D eigenvalue weighted by Gasteiger charge is -2.26. The molecule has 1 heterocycles. The zero-order chi connectivity index (χ0) is 24.5. The fourth-order valence-electron chi connectivity index (χ4n) is 3.65. The van der Waals surface area contributed by atoms with Gasteiger partial charge >= 0.3 is 5.97 Å². The number of halogens is 1. The van der Waals surface area contributed by atoms with Crippen LogP contribution in [0.4, 0.5) is 0 Å². The molecule has 2 amide bonds. The van der Waals surface area contributed by atoms with Crippen LogP contribution >= 0.6 is 11.6 Å². The molecule has 0 bridgehead atoms. The van der Waals surface area contributed by atoms with E-state index in [0.717, 1.165) is 0 Å². The average molecular weight is 490 g/mol. The van der Waals surface area contributed by atoms with Crippen LogP contribution < -0.4 is 20.1 Å². The van der Waals surface area contributed by atoms with Crippen molar-refractivity contribution in [3.8, 4) is 11.6 Å². The molecule has 1 aliphatic rings. The van der Waals surface area contributed by atoms with Gasteiger partial charge in [-0.3, -0.25) is 14.4 Å². The number of rotatable bonds is 10. The van der Waals surface area contributed by atoms with Crippen molar-refractivity contribution in [1.29, 1.82) is 0 Å². The minimum atomic E-state index is -0.757. The molecule has 9 nitrogen and oxygen atoms in total. The van der Waals surface area contributed by atoms with Gasteiger partial charge in [-0.15, -0.1) is 0 Å². The quantitative estimate of drug-likeness (QED) is 0.437. The molecule has 0 spiro atoms. The summed E-state index contributed by atoms with van der Waals surface area (Å²) in [5.74, 6) is -0.770. The van der Waals surface area contributed by atoms with Crippen LogP contribution in [-0.4, -0.2) is 53.7 Å². The van der Waals surface area contributed by atoms with Gasteiger partial charge in [0.15, 0.2) is 0 Å². The Morgan fingerprint density at radius 2 is 1.68 bits per heavy atom. The molecule has 0 unspecified atom stereocenters. The van der Waals surface area contributed by atoms with Crippen LogP contribution in [0.2, 0.25) is 5.02 Å². The third-order valence-electron chi connectivity index (χ3n) is 5.50. The molecule has 1 fully saturated rings. The summed E-state index contributed by atoms with van der Waals surface area (Å²) >= 11 is 6.11. The summed E-state index contributed by atoms with van der Waals surface area (Å²) in [7, 11) is 0. The van der Waals surface area contributed by atoms with E-state index < -0.39 is 5.97 Å². The van der Waals surface area contributed by atoms with Crippen molar-refractivity contribution >= 4 is 29.4 Å². The highest BCUT2D eigenvalue weighted by atomic mass is 35.5. The third-order valence-corrected chi connectivity index (χ3v) is 5.79. The predicted molar refractivity (Wildman–Crippen MR) is 126 cm³/mol. The van der Waals surface area contributed by atoms with Crippen molar-refractivity contribution in [1.82, 2.24) is 15.6 Å². The van der Waals surface area contributed by atoms with E-state index in [2.05, 4.69) is 15.6 Å². The van der Waals surface area contributed by atoms with Crippen LogP contribution in [0.25, 0.3) is 0 Å².